The van der Waals surface area contributed by atoms with E-state index >= 15 is 0 Å². The van der Waals surface area contributed by atoms with E-state index in [0.29, 0.717) is 5.02 Å². The average Bonchev–Trinajstić information content (AvgIpc) is 2.45. The Kier molecular flexibility index (Phi) is 3.74. The number of hydrogen-bond donors (Lipinski definition) is 1. The number of pyridine rings is 1. The molecule has 0 aliphatic rings. The van der Waals surface area contributed by atoms with Crippen LogP contribution in [0.15, 0.2) is 59.2 Å². The van der Waals surface area contributed by atoms with E-state index in [1.54, 1.807) is 6.20 Å². The minimum absolute atomic E-state index is 0.238. The van der Waals surface area contributed by atoms with Crippen LogP contribution in [0.1, 0.15) is 17.2 Å². The number of rotatable bonds is 2. The molecular formula is C16H12BrClN2. The van der Waals surface area contributed by atoms with Gasteiger partial charge in [0.25, 0.3) is 0 Å². The highest BCUT2D eigenvalue weighted by molar-refractivity contribution is 9.10. The monoisotopic (exact) mass is 346 g/mol. The Morgan fingerprint density at radius 1 is 1.10 bits per heavy atom. The normalized spacial score (nSPS) is 12.6. The van der Waals surface area contributed by atoms with Gasteiger partial charge in [0.1, 0.15) is 0 Å². The molecule has 1 heterocycles. The fraction of sp³-hybridized carbons (Fsp3) is 0.0625. The molecule has 4 heteroatoms. The van der Waals surface area contributed by atoms with Crippen LogP contribution in [0.4, 0.5) is 0 Å². The minimum Gasteiger partial charge on any atom is -0.320 e. The Morgan fingerprint density at radius 2 is 1.95 bits per heavy atom. The number of benzene rings is 2. The molecule has 100 valence electrons. The molecule has 0 aliphatic carbocycles. The lowest BCUT2D eigenvalue weighted by molar-refractivity contribution is 0.879. The smallest absolute Gasteiger partial charge is 0.0705 e. The predicted octanol–water partition coefficient (Wildman–Crippen LogP) is 4.70. The van der Waals surface area contributed by atoms with Gasteiger partial charge in [-0.1, -0.05) is 45.7 Å². The van der Waals surface area contributed by atoms with Gasteiger partial charge >= 0.3 is 0 Å². The maximum atomic E-state index is 6.41. The molecule has 0 spiro atoms. The summed E-state index contributed by atoms with van der Waals surface area (Å²) in [5, 5.41) is 1.74. The first-order valence-electron chi connectivity index (χ1n) is 6.20. The number of fused-ring (bicyclic) bond motifs is 1. The summed E-state index contributed by atoms with van der Waals surface area (Å²) in [6.45, 7) is 0. The van der Waals surface area contributed by atoms with Crippen molar-refractivity contribution in [2.45, 2.75) is 6.04 Å². The highest BCUT2D eigenvalue weighted by atomic mass is 79.9. The third-order valence-electron chi connectivity index (χ3n) is 3.26. The fourth-order valence-electron chi connectivity index (χ4n) is 2.33. The van der Waals surface area contributed by atoms with Crippen molar-refractivity contribution in [2.75, 3.05) is 0 Å². The van der Waals surface area contributed by atoms with Crippen LogP contribution in [-0.2, 0) is 0 Å². The van der Waals surface area contributed by atoms with Gasteiger partial charge in [-0.2, -0.15) is 0 Å². The van der Waals surface area contributed by atoms with E-state index in [4.69, 9.17) is 17.3 Å². The molecule has 2 aromatic carbocycles. The van der Waals surface area contributed by atoms with Crippen molar-refractivity contribution in [3.05, 3.63) is 75.4 Å². The summed E-state index contributed by atoms with van der Waals surface area (Å²) >= 11 is 9.55. The van der Waals surface area contributed by atoms with Crippen LogP contribution >= 0.6 is 27.5 Å². The molecule has 3 rings (SSSR count). The second-order valence-corrected chi connectivity index (χ2v) is 5.95. The number of halogens is 2. The van der Waals surface area contributed by atoms with Gasteiger partial charge in [0.05, 0.1) is 11.6 Å². The van der Waals surface area contributed by atoms with E-state index < -0.39 is 0 Å². The van der Waals surface area contributed by atoms with Crippen LogP contribution in [0.3, 0.4) is 0 Å². The largest absolute Gasteiger partial charge is 0.320 e. The molecule has 0 amide bonds. The second-order valence-electron chi connectivity index (χ2n) is 4.60. The summed E-state index contributed by atoms with van der Waals surface area (Å²) < 4.78 is 0.925. The number of nitrogens with zero attached hydrogens (tertiary/aromatic N) is 1. The van der Waals surface area contributed by atoms with E-state index in [0.717, 1.165) is 26.5 Å². The molecule has 1 aromatic heterocycles. The van der Waals surface area contributed by atoms with Gasteiger partial charge < -0.3 is 5.73 Å². The molecule has 1 atom stereocenters. The van der Waals surface area contributed by atoms with Gasteiger partial charge in [-0.25, -0.2) is 0 Å². The van der Waals surface area contributed by atoms with Crippen molar-refractivity contribution in [1.29, 1.82) is 0 Å². The summed E-state index contributed by atoms with van der Waals surface area (Å²) in [4.78, 5) is 4.36. The van der Waals surface area contributed by atoms with E-state index in [-0.39, 0.29) is 6.04 Å². The van der Waals surface area contributed by atoms with E-state index in [1.807, 2.05) is 48.5 Å². The maximum absolute atomic E-state index is 6.41. The van der Waals surface area contributed by atoms with Crippen LogP contribution in [0, 0.1) is 0 Å². The third kappa shape index (κ3) is 2.57. The summed E-state index contributed by atoms with van der Waals surface area (Å²) in [5.41, 5.74) is 9.38. The molecular weight excluding hydrogens is 336 g/mol. The quantitative estimate of drug-likeness (QED) is 0.730. The highest BCUT2D eigenvalue weighted by Gasteiger charge is 2.13. The van der Waals surface area contributed by atoms with Crippen LogP contribution in [0.2, 0.25) is 5.02 Å². The molecule has 20 heavy (non-hydrogen) atoms. The SMILES string of the molecule is NC(c1cc(Cl)cc(Br)c1)c1cccc2ncccc12. The van der Waals surface area contributed by atoms with Gasteiger partial charge in [-0.3, -0.25) is 4.98 Å². The lowest BCUT2D eigenvalue weighted by Gasteiger charge is -2.15. The van der Waals surface area contributed by atoms with Gasteiger partial charge in [-0.15, -0.1) is 0 Å². The third-order valence-corrected chi connectivity index (χ3v) is 3.93. The Morgan fingerprint density at radius 3 is 2.75 bits per heavy atom. The number of hydrogen-bond acceptors (Lipinski definition) is 2. The molecule has 0 saturated heterocycles. The lowest BCUT2D eigenvalue weighted by Crippen LogP contribution is -2.12. The standard InChI is InChI=1S/C16H12BrClN2/c17-11-7-10(8-12(18)9-11)16(19)14-3-1-5-15-13(14)4-2-6-20-15/h1-9,16H,19H2. The summed E-state index contributed by atoms with van der Waals surface area (Å²) in [6, 6.07) is 15.5. The zero-order valence-electron chi connectivity index (χ0n) is 10.6. The van der Waals surface area contributed by atoms with Crippen LogP contribution < -0.4 is 5.73 Å². The number of aromatic nitrogens is 1. The summed E-state index contributed by atoms with van der Waals surface area (Å²) in [5.74, 6) is 0. The van der Waals surface area contributed by atoms with Gasteiger partial charge in [0.2, 0.25) is 0 Å². The van der Waals surface area contributed by atoms with Gasteiger partial charge in [-0.05, 0) is 41.5 Å². The molecule has 0 fully saturated rings. The Balaban J connectivity index is 2.15. The summed E-state index contributed by atoms with van der Waals surface area (Å²) in [7, 11) is 0. The van der Waals surface area contributed by atoms with E-state index in [1.165, 1.54) is 0 Å². The molecule has 2 N–H and O–H groups in total. The molecule has 0 aliphatic heterocycles. The van der Waals surface area contributed by atoms with Crippen molar-refractivity contribution in [3.63, 3.8) is 0 Å². The molecule has 0 bridgehead atoms. The minimum atomic E-state index is -0.238. The second kappa shape index (κ2) is 5.52. The van der Waals surface area contributed by atoms with Crippen molar-refractivity contribution >= 4 is 38.4 Å². The zero-order chi connectivity index (χ0) is 14.1. The Labute approximate surface area is 130 Å². The Hall–Kier alpha value is -1.42. The van der Waals surface area contributed by atoms with E-state index in [2.05, 4.69) is 20.9 Å². The van der Waals surface area contributed by atoms with Crippen molar-refractivity contribution in [2.24, 2.45) is 5.73 Å². The first-order valence-corrected chi connectivity index (χ1v) is 7.37. The van der Waals surface area contributed by atoms with Gasteiger partial charge in [0.15, 0.2) is 0 Å². The summed E-state index contributed by atoms with van der Waals surface area (Å²) in [6.07, 6.45) is 1.79. The maximum Gasteiger partial charge on any atom is 0.0705 e. The molecule has 3 aromatic rings. The average molecular weight is 348 g/mol. The molecule has 0 radical (unpaired) electrons. The van der Waals surface area contributed by atoms with E-state index in [9.17, 15) is 0 Å². The predicted molar refractivity (Wildman–Crippen MR) is 86.9 cm³/mol. The number of nitrogens with two attached hydrogens (primary N) is 1. The highest BCUT2D eigenvalue weighted by Crippen LogP contribution is 2.29. The Bertz CT molecular complexity index is 748. The molecule has 2 nitrogen and oxygen atoms in total. The lowest BCUT2D eigenvalue weighted by atomic mass is 9.96. The molecule has 0 saturated carbocycles. The van der Waals surface area contributed by atoms with Crippen LogP contribution in [0.5, 0.6) is 0 Å². The van der Waals surface area contributed by atoms with Crippen molar-refractivity contribution < 1.29 is 0 Å². The van der Waals surface area contributed by atoms with Crippen LogP contribution in [-0.4, -0.2) is 4.98 Å². The van der Waals surface area contributed by atoms with Crippen LogP contribution in [0.25, 0.3) is 10.9 Å². The first-order chi connectivity index (χ1) is 9.65. The first kappa shape index (κ1) is 13.6. The zero-order valence-corrected chi connectivity index (χ0v) is 12.9. The topological polar surface area (TPSA) is 38.9 Å². The van der Waals surface area contributed by atoms with Crippen molar-refractivity contribution in [3.8, 4) is 0 Å². The van der Waals surface area contributed by atoms with Gasteiger partial charge in [0, 0.05) is 21.1 Å². The fourth-order valence-corrected chi connectivity index (χ4v) is 3.22. The molecule has 1 unspecified atom stereocenters. The van der Waals surface area contributed by atoms with Crippen molar-refractivity contribution in [1.82, 2.24) is 4.98 Å².